The normalized spacial score (nSPS) is 10.3. The largest absolute Gasteiger partial charge is 0.497 e. The van der Waals surface area contributed by atoms with E-state index in [-0.39, 0.29) is 11.3 Å². The minimum atomic E-state index is -0.496. The van der Waals surface area contributed by atoms with Gasteiger partial charge >= 0.3 is 0 Å². The molecule has 1 aromatic carbocycles. The standard InChI is InChI=1S/C14H19FO2/c1-3-4-5-6-7-14(16)12-9-8-11(17-2)10-13(12)15/h8-10H,3-7H2,1-2H3. The zero-order chi connectivity index (χ0) is 12.7. The lowest BCUT2D eigenvalue weighted by Crippen LogP contribution is -2.02. The number of carbonyl (C=O) groups is 1. The first-order valence-corrected chi connectivity index (χ1v) is 6.05. The smallest absolute Gasteiger partial charge is 0.165 e. The number of methoxy groups -OCH3 is 1. The van der Waals surface area contributed by atoms with Crippen molar-refractivity contribution in [3.63, 3.8) is 0 Å². The van der Waals surface area contributed by atoms with E-state index in [0.29, 0.717) is 12.2 Å². The molecule has 0 spiro atoms. The zero-order valence-electron chi connectivity index (χ0n) is 10.5. The molecule has 0 N–H and O–H groups in total. The number of carbonyl (C=O) groups excluding carboxylic acids is 1. The Morgan fingerprint density at radius 3 is 2.65 bits per heavy atom. The average molecular weight is 238 g/mol. The Kier molecular flexibility index (Phi) is 5.67. The molecule has 1 aromatic rings. The van der Waals surface area contributed by atoms with Gasteiger partial charge in [-0.3, -0.25) is 4.79 Å². The van der Waals surface area contributed by atoms with E-state index in [9.17, 15) is 9.18 Å². The second-order valence-electron chi connectivity index (χ2n) is 4.08. The minimum Gasteiger partial charge on any atom is -0.497 e. The molecule has 0 aliphatic rings. The molecule has 0 aromatic heterocycles. The van der Waals surface area contributed by atoms with Gasteiger partial charge in [0.25, 0.3) is 0 Å². The summed E-state index contributed by atoms with van der Waals surface area (Å²) in [4.78, 5) is 11.7. The third kappa shape index (κ3) is 4.17. The second-order valence-corrected chi connectivity index (χ2v) is 4.08. The highest BCUT2D eigenvalue weighted by Crippen LogP contribution is 2.18. The summed E-state index contributed by atoms with van der Waals surface area (Å²) in [6.45, 7) is 2.12. The van der Waals surface area contributed by atoms with E-state index >= 15 is 0 Å². The molecule has 17 heavy (non-hydrogen) atoms. The fourth-order valence-electron chi connectivity index (χ4n) is 1.70. The van der Waals surface area contributed by atoms with Crippen LogP contribution in [0.5, 0.6) is 5.75 Å². The van der Waals surface area contributed by atoms with Crippen molar-refractivity contribution in [3.05, 3.63) is 29.6 Å². The van der Waals surface area contributed by atoms with Crippen molar-refractivity contribution in [1.29, 1.82) is 0 Å². The minimum absolute atomic E-state index is 0.124. The summed E-state index contributed by atoms with van der Waals surface area (Å²) in [6.07, 6.45) is 4.53. The molecule has 3 heteroatoms. The molecule has 0 heterocycles. The Bertz CT molecular complexity index is 374. The van der Waals surface area contributed by atoms with E-state index in [0.717, 1.165) is 25.7 Å². The summed E-state index contributed by atoms with van der Waals surface area (Å²) < 4.78 is 18.5. The molecule has 0 saturated carbocycles. The molecule has 0 aliphatic heterocycles. The number of ether oxygens (including phenoxy) is 1. The molecule has 0 amide bonds. The zero-order valence-corrected chi connectivity index (χ0v) is 10.5. The second kappa shape index (κ2) is 7.05. The quantitative estimate of drug-likeness (QED) is 0.530. The Balaban J connectivity index is 2.57. The van der Waals surface area contributed by atoms with Crippen molar-refractivity contribution in [2.75, 3.05) is 7.11 Å². The molecular formula is C14H19FO2. The highest BCUT2D eigenvalue weighted by Gasteiger charge is 2.11. The molecule has 0 atom stereocenters. The monoisotopic (exact) mass is 238 g/mol. The van der Waals surface area contributed by atoms with Gasteiger partial charge in [0, 0.05) is 12.5 Å². The molecule has 0 fully saturated rings. The number of unbranched alkanes of at least 4 members (excludes halogenated alkanes) is 3. The van der Waals surface area contributed by atoms with Crippen LogP contribution in [0.1, 0.15) is 49.4 Å². The molecule has 0 radical (unpaired) electrons. The van der Waals surface area contributed by atoms with Gasteiger partial charge < -0.3 is 4.74 Å². The van der Waals surface area contributed by atoms with E-state index < -0.39 is 5.82 Å². The van der Waals surface area contributed by atoms with Crippen molar-refractivity contribution >= 4 is 5.78 Å². The number of hydrogen-bond donors (Lipinski definition) is 0. The van der Waals surface area contributed by atoms with Crippen molar-refractivity contribution < 1.29 is 13.9 Å². The van der Waals surface area contributed by atoms with Crippen molar-refractivity contribution in [2.45, 2.75) is 39.0 Å². The Hall–Kier alpha value is -1.38. The summed E-state index contributed by atoms with van der Waals surface area (Å²) in [5.74, 6) is -0.184. The molecule has 0 unspecified atom stereocenters. The molecule has 0 bridgehead atoms. The Morgan fingerprint density at radius 1 is 1.29 bits per heavy atom. The van der Waals surface area contributed by atoms with Gasteiger partial charge in [-0.1, -0.05) is 26.2 Å². The van der Waals surface area contributed by atoms with Crippen LogP contribution in [-0.4, -0.2) is 12.9 Å². The highest BCUT2D eigenvalue weighted by molar-refractivity contribution is 5.96. The van der Waals surface area contributed by atoms with Crippen LogP contribution in [-0.2, 0) is 0 Å². The maximum absolute atomic E-state index is 13.6. The van der Waals surface area contributed by atoms with Crippen LogP contribution in [0, 0.1) is 5.82 Å². The molecule has 2 nitrogen and oxygen atoms in total. The van der Waals surface area contributed by atoms with Crippen molar-refractivity contribution in [2.24, 2.45) is 0 Å². The number of hydrogen-bond acceptors (Lipinski definition) is 2. The van der Waals surface area contributed by atoms with Crippen LogP contribution in [0.4, 0.5) is 4.39 Å². The molecule has 0 saturated heterocycles. The van der Waals surface area contributed by atoms with E-state index in [1.807, 2.05) is 0 Å². The van der Waals surface area contributed by atoms with Gasteiger partial charge in [0.15, 0.2) is 5.78 Å². The molecule has 0 aliphatic carbocycles. The summed E-state index contributed by atoms with van der Waals surface area (Å²) >= 11 is 0. The molecule has 94 valence electrons. The lowest BCUT2D eigenvalue weighted by molar-refractivity contribution is 0.0975. The average Bonchev–Trinajstić information content (AvgIpc) is 2.34. The van der Waals surface area contributed by atoms with Gasteiger partial charge in [-0.05, 0) is 18.6 Å². The maximum Gasteiger partial charge on any atom is 0.165 e. The van der Waals surface area contributed by atoms with Gasteiger partial charge in [0.1, 0.15) is 11.6 Å². The fourth-order valence-corrected chi connectivity index (χ4v) is 1.70. The summed E-state index contributed by atoms with van der Waals surface area (Å²) in [5, 5.41) is 0. The van der Waals surface area contributed by atoms with Crippen LogP contribution in [0.2, 0.25) is 0 Å². The summed E-state index contributed by atoms with van der Waals surface area (Å²) in [7, 11) is 1.47. The van der Waals surface area contributed by atoms with Crippen LogP contribution < -0.4 is 4.74 Å². The number of halogens is 1. The van der Waals surface area contributed by atoms with Crippen LogP contribution >= 0.6 is 0 Å². The summed E-state index contributed by atoms with van der Waals surface area (Å²) in [6, 6.07) is 4.36. The topological polar surface area (TPSA) is 26.3 Å². The Labute approximate surface area is 102 Å². The van der Waals surface area contributed by atoms with Crippen LogP contribution in [0.15, 0.2) is 18.2 Å². The first-order valence-electron chi connectivity index (χ1n) is 6.05. The highest BCUT2D eigenvalue weighted by atomic mass is 19.1. The number of rotatable bonds is 7. The van der Waals surface area contributed by atoms with E-state index in [1.165, 1.54) is 19.2 Å². The predicted octanol–water partition coefficient (Wildman–Crippen LogP) is 3.99. The first kappa shape index (κ1) is 13.7. The van der Waals surface area contributed by atoms with Crippen LogP contribution in [0.25, 0.3) is 0 Å². The third-order valence-corrected chi connectivity index (χ3v) is 2.73. The fraction of sp³-hybridized carbons (Fsp3) is 0.500. The van der Waals surface area contributed by atoms with Gasteiger partial charge in [0.05, 0.1) is 12.7 Å². The van der Waals surface area contributed by atoms with Gasteiger partial charge in [-0.15, -0.1) is 0 Å². The predicted molar refractivity (Wildman–Crippen MR) is 66.0 cm³/mol. The van der Waals surface area contributed by atoms with E-state index in [1.54, 1.807) is 6.07 Å². The Morgan fingerprint density at radius 2 is 2.06 bits per heavy atom. The van der Waals surface area contributed by atoms with Crippen LogP contribution in [0.3, 0.4) is 0 Å². The molecular weight excluding hydrogens is 219 g/mol. The van der Waals surface area contributed by atoms with Crippen molar-refractivity contribution in [3.8, 4) is 5.75 Å². The van der Waals surface area contributed by atoms with E-state index in [2.05, 4.69) is 6.92 Å². The first-order chi connectivity index (χ1) is 8.19. The van der Waals surface area contributed by atoms with Gasteiger partial charge in [0.2, 0.25) is 0 Å². The van der Waals surface area contributed by atoms with E-state index in [4.69, 9.17) is 4.74 Å². The molecule has 1 rings (SSSR count). The number of Topliss-reactive ketones (excluding diaryl/α,β-unsaturated/α-hetero) is 1. The maximum atomic E-state index is 13.6. The lowest BCUT2D eigenvalue weighted by atomic mass is 10.0. The third-order valence-electron chi connectivity index (χ3n) is 2.73. The number of benzene rings is 1. The number of ketones is 1. The van der Waals surface area contributed by atoms with Gasteiger partial charge in [-0.25, -0.2) is 4.39 Å². The summed E-state index contributed by atoms with van der Waals surface area (Å²) in [5.41, 5.74) is 0.169. The van der Waals surface area contributed by atoms with Gasteiger partial charge in [-0.2, -0.15) is 0 Å². The van der Waals surface area contributed by atoms with Crippen molar-refractivity contribution in [1.82, 2.24) is 0 Å². The SMILES string of the molecule is CCCCCCC(=O)c1ccc(OC)cc1F. The lowest BCUT2D eigenvalue weighted by Gasteiger charge is -2.05.